The standard InChI is InChI=1S/C11H9Cl2N/c1-7(5-12)10-6-14-11-4-8(13)2-3-9(10)11/h2-4,6,14H,1,5H2. The molecule has 2 rings (SSSR count). The monoisotopic (exact) mass is 225 g/mol. The van der Waals surface area contributed by atoms with E-state index in [-0.39, 0.29) is 0 Å². The van der Waals surface area contributed by atoms with Gasteiger partial charge in [-0.1, -0.05) is 24.2 Å². The molecule has 0 unspecified atom stereocenters. The first-order valence-corrected chi connectivity index (χ1v) is 5.14. The average molecular weight is 226 g/mol. The Labute approximate surface area is 92.3 Å². The molecule has 1 N–H and O–H groups in total. The van der Waals surface area contributed by atoms with E-state index in [0.29, 0.717) is 5.88 Å². The molecule has 0 radical (unpaired) electrons. The van der Waals surface area contributed by atoms with Gasteiger partial charge >= 0.3 is 0 Å². The first-order chi connectivity index (χ1) is 6.72. The topological polar surface area (TPSA) is 15.8 Å². The van der Waals surface area contributed by atoms with Crippen molar-refractivity contribution in [3.8, 4) is 0 Å². The summed E-state index contributed by atoms with van der Waals surface area (Å²) in [5, 5.41) is 1.84. The van der Waals surface area contributed by atoms with E-state index >= 15 is 0 Å². The first-order valence-electron chi connectivity index (χ1n) is 4.23. The molecule has 1 aromatic heterocycles. The van der Waals surface area contributed by atoms with E-state index in [9.17, 15) is 0 Å². The number of hydrogen-bond donors (Lipinski definition) is 1. The molecule has 1 aromatic carbocycles. The SMILES string of the molecule is C=C(CCl)c1c[nH]c2cc(Cl)ccc12. The second-order valence-electron chi connectivity index (χ2n) is 3.13. The summed E-state index contributed by atoms with van der Waals surface area (Å²) < 4.78 is 0. The van der Waals surface area contributed by atoms with Crippen LogP contribution in [0.5, 0.6) is 0 Å². The van der Waals surface area contributed by atoms with E-state index in [1.54, 1.807) is 0 Å². The maximum absolute atomic E-state index is 5.87. The Morgan fingerprint density at radius 3 is 2.93 bits per heavy atom. The molecular weight excluding hydrogens is 217 g/mol. The number of nitrogens with one attached hydrogen (secondary N) is 1. The van der Waals surface area contributed by atoms with Gasteiger partial charge in [0.05, 0.1) is 0 Å². The number of allylic oxidation sites excluding steroid dienone is 1. The van der Waals surface area contributed by atoms with E-state index in [1.165, 1.54) is 0 Å². The molecule has 0 aliphatic carbocycles. The molecule has 0 atom stereocenters. The lowest BCUT2D eigenvalue weighted by atomic mass is 10.1. The fourth-order valence-corrected chi connectivity index (χ4v) is 1.78. The van der Waals surface area contributed by atoms with Crippen LogP contribution >= 0.6 is 23.2 Å². The van der Waals surface area contributed by atoms with Gasteiger partial charge in [0, 0.05) is 33.6 Å². The van der Waals surface area contributed by atoms with Crippen LogP contribution in [-0.2, 0) is 0 Å². The van der Waals surface area contributed by atoms with Gasteiger partial charge in [-0.25, -0.2) is 0 Å². The van der Waals surface area contributed by atoms with Crippen molar-refractivity contribution in [2.75, 3.05) is 5.88 Å². The van der Waals surface area contributed by atoms with Gasteiger partial charge in [-0.3, -0.25) is 0 Å². The third-order valence-electron chi connectivity index (χ3n) is 2.19. The predicted molar refractivity (Wildman–Crippen MR) is 63.1 cm³/mol. The smallest absolute Gasteiger partial charge is 0.0475 e. The molecule has 0 aliphatic rings. The molecule has 1 nitrogen and oxygen atoms in total. The Balaban J connectivity index is 2.64. The quantitative estimate of drug-likeness (QED) is 0.742. The van der Waals surface area contributed by atoms with Crippen LogP contribution in [0.15, 0.2) is 31.0 Å². The van der Waals surface area contributed by atoms with Crippen molar-refractivity contribution in [1.82, 2.24) is 4.98 Å². The van der Waals surface area contributed by atoms with Gasteiger partial charge in [-0.05, 0) is 17.7 Å². The maximum atomic E-state index is 5.87. The van der Waals surface area contributed by atoms with Crippen molar-refractivity contribution in [3.05, 3.63) is 41.6 Å². The van der Waals surface area contributed by atoms with Gasteiger partial charge in [-0.15, -0.1) is 11.6 Å². The van der Waals surface area contributed by atoms with Gasteiger partial charge < -0.3 is 4.98 Å². The third-order valence-corrected chi connectivity index (χ3v) is 2.74. The lowest BCUT2D eigenvalue weighted by molar-refractivity contribution is 1.46. The minimum Gasteiger partial charge on any atom is -0.361 e. The number of benzene rings is 1. The van der Waals surface area contributed by atoms with Gasteiger partial charge in [0.15, 0.2) is 0 Å². The fourth-order valence-electron chi connectivity index (χ4n) is 1.46. The average Bonchev–Trinajstić information content (AvgIpc) is 2.59. The second-order valence-corrected chi connectivity index (χ2v) is 3.83. The summed E-state index contributed by atoms with van der Waals surface area (Å²) in [7, 11) is 0. The minimum atomic E-state index is 0.440. The molecule has 0 aliphatic heterocycles. The predicted octanol–water partition coefficient (Wildman–Crippen LogP) is 4.07. The molecule has 72 valence electrons. The molecule has 3 heteroatoms. The van der Waals surface area contributed by atoms with Crippen LogP contribution in [0.25, 0.3) is 16.5 Å². The number of aromatic nitrogens is 1. The van der Waals surface area contributed by atoms with Gasteiger partial charge in [0.2, 0.25) is 0 Å². The van der Waals surface area contributed by atoms with E-state index in [0.717, 1.165) is 27.1 Å². The summed E-state index contributed by atoms with van der Waals surface area (Å²) >= 11 is 11.6. The Morgan fingerprint density at radius 1 is 1.43 bits per heavy atom. The Bertz CT molecular complexity index is 485. The molecular formula is C11H9Cl2N. The molecule has 14 heavy (non-hydrogen) atoms. The number of halogens is 2. The van der Waals surface area contributed by atoms with Crippen LogP contribution < -0.4 is 0 Å². The molecule has 0 fully saturated rings. The number of hydrogen-bond acceptors (Lipinski definition) is 0. The molecule has 1 heterocycles. The highest BCUT2D eigenvalue weighted by Gasteiger charge is 2.05. The van der Waals surface area contributed by atoms with Crippen LogP contribution in [0.1, 0.15) is 5.56 Å². The van der Waals surface area contributed by atoms with Crippen molar-refractivity contribution in [2.45, 2.75) is 0 Å². The number of aromatic amines is 1. The summed E-state index contributed by atoms with van der Waals surface area (Å²) in [6, 6.07) is 5.73. The van der Waals surface area contributed by atoms with Crippen molar-refractivity contribution in [1.29, 1.82) is 0 Å². The summed E-state index contributed by atoms with van der Waals surface area (Å²) in [6.45, 7) is 3.90. The van der Waals surface area contributed by atoms with Crippen LogP contribution in [0.2, 0.25) is 5.02 Å². The molecule has 0 bridgehead atoms. The van der Waals surface area contributed by atoms with Crippen molar-refractivity contribution in [3.63, 3.8) is 0 Å². The van der Waals surface area contributed by atoms with E-state index in [2.05, 4.69) is 11.6 Å². The van der Waals surface area contributed by atoms with Crippen molar-refractivity contribution < 1.29 is 0 Å². The van der Waals surface area contributed by atoms with Crippen molar-refractivity contribution in [2.24, 2.45) is 0 Å². The zero-order valence-corrected chi connectivity index (χ0v) is 8.99. The van der Waals surface area contributed by atoms with E-state index < -0.39 is 0 Å². The Morgan fingerprint density at radius 2 is 2.21 bits per heavy atom. The zero-order valence-electron chi connectivity index (χ0n) is 7.48. The zero-order chi connectivity index (χ0) is 10.1. The molecule has 0 saturated carbocycles. The Hall–Kier alpha value is -0.920. The fraction of sp³-hybridized carbons (Fsp3) is 0.0909. The van der Waals surface area contributed by atoms with E-state index in [4.69, 9.17) is 23.2 Å². The highest BCUT2D eigenvalue weighted by molar-refractivity contribution is 6.31. The summed E-state index contributed by atoms with van der Waals surface area (Å²) in [6.07, 6.45) is 1.91. The van der Waals surface area contributed by atoms with E-state index in [1.807, 2.05) is 24.4 Å². The highest BCUT2D eigenvalue weighted by Crippen LogP contribution is 2.26. The molecule has 2 aromatic rings. The first kappa shape index (κ1) is 9.63. The van der Waals surface area contributed by atoms with Crippen LogP contribution in [-0.4, -0.2) is 10.9 Å². The van der Waals surface area contributed by atoms with Crippen LogP contribution in [0.4, 0.5) is 0 Å². The third kappa shape index (κ3) is 1.54. The molecule has 0 amide bonds. The number of H-pyrrole nitrogens is 1. The summed E-state index contributed by atoms with van der Waals surface area (Å²) in [5.74, 6) is 0.440. The lowest BCUT2D eigenvalue weighted by Crippen LogP contribution is -1.80. The summed E-state index contributed by atoms with van der Waals surface area (Å²) in [4.78, 5) is 3.14. The van der Waals surface area contributed by atoms with Gasteiger partial charge in [0.1, 0.15) is 0 Å². The molecule has 0 saturated heterocycles. The van der Waals surface area contributed by atoms with Gasteiger partial charge in [0.25, 0.3) is 0 Å². The Kier molecular flexibility index (Phi) is 2.53. The normalized spacial score (nSPS) is 10.7. The highest BCUT2D eigenvalue weighted by atomic mass is 35.5. The maximum Gasteiger partial charge on any atom is 0.0475 e. The lowest BCUT2D eigenvalue weighted by Gasteiger charge is -1.98. The van der Waals surface area contributed by atoms with Crippen molar-refractivity contribution >= 4 is 39.7 Å². The second kappa shape index (κ2) is 3.68. The molecule has 0 spiro atoms. The minimum absolute atomic E-state index is 0.440. The largest absolute Gasteiger partial charge is 0.361 e. The van der Waals surface area contributed by atoms with Gasteiger partial charge in [-0.2, -0.15) is 0 Å². The number of fused-ring (bicyclic) bond motifs is 1. The van der Waals surface area contributed by atoms with Crippen LogP contribution in [0.3, 0.4) is 0 Å². The van der Waals surface area contributed by atoms with Crippen LogP contribution in [0, 0.1) is 0 Å². The number of alkyl halides is 1. The number of rotatable bonds is 2. The summed E-state index contributed by atoms with van der Waals surface area (Å²) in [5.41, 5.74) is 2.99.